The van der Waals surface area contributed by atoms with Crippen LogP contribution < -0.4 is 10.0 Å². The van der Waals surface area contributed by atoms with E-state index in [0.29, 0.717) is 5.69 Å². The molecule has 1 rings (SSSR count). The second-order valence-corrected chi connectivity index (χ2v) is 6.29. The highest BCUT2D eigenvalue weighted by Crippen LogP contribution is 2.20. The number of carbonyl (C=O) groups is 1. The molecule has 0 saturated carbocycles. The molecule has 0 aliphatic heterocycles. The lowest BCUT2D eigenvalue weighted by Crippen LogP contribution is -2.32. The van der Waals surface area contributed by atoms with Crippen LogP contribution in [0.15, 0.2) is 23.1 Å². The minimum Gasteiger partial charge on any atom is -0.478 e. The predicted octanol–water partition coefficient (Wildman–Crippen LogP) is 1.89. The van der Waals surface area contributed by atoms with Crippen LogP contribution in [0, 0.1) is 0 Å². The van der Waals surface area contributed by atoms with Gasteiger partial charge < -0.3 is 10.4 Å². The summed E-state index contributed by atoms with van der Waals surface area (Å²) in [6, 6.07) is 3.80. The first-order valence-electron chi connectivity index (χ1n) is 6.39. The third-order valence-electron chi connectivity index (χ3n) is 2.88. The minimum atomic E-state index is -3.70. The van der Waals surface area contributed by atoms with E-state index in [4.69, 9.17) is 5.11 Å². The van der Waals surface area contributed by atoms with Gasteiger partial charge in [0.1, 0.15) is 0 Å². The molecule has 112 valence electrons. The second kappa shape index (κ2) is 6.71. The van der Waals surface area contributed by atoms with Gasteiger partial charge in [-0.05, 0) is 31.5 Å². The van der Waals surface area contributed by atoms with E-state index in [-0.39, 0.29) is 16.5 Å². The molecular formula is C13H20N2O4S. The lowest BCUT2D eigenvalue weighted by atomic mass is 10.2. The third kappa shape index (κ3) is 3.94. The predicted molar refractivity (Wildman–Crippen MR) is 77.6 cm³/mol. The average Bonchev–Trinajstić information content (AvgIpc) is 2.37. The number of nitrogens with one attached hydrogen (secondary N) is 2. The van der Waals surface area contributed by atoms with Crippen LogP contribution in [-0.4, -0.2) is 32.6 Å². The van der Waals surface area contributed by atoms with Crippen molar-refractivity contribution >= 4 is 21.7 Å². The van der Waals surface area contributed by atoms with Crippen LogP contribution in [0.25, 0.3) is 0 Å². The fraction of sp³-hybridized carbons (Fsp3) is 0.462. The molecule has 1 aromatic rings. The highest BCUT2D eigenvalue weighted by Gasteiger charge is 2.20. The molecule has 6 nitrogen and oxygen atoms in total. The smallest absolute Gasteiger partial charge is 0.337 e. The molecule has 0 spiro atoms. The quantitative estimate of drug-likeness (QED) is 0.714. The van der Waals surface area contributed by atoms with Crippen LogP contribution in [-0.2, 0) is 10.0 Å². The van der Waals surface area contributed by atoms with Gasteiger partial charge in [0.25, 0.3) is 0 Å². The summed E-state index contributed by atoms with van der Waals surface area (Å²) in [7, 11) is -2.12. The Morgan fingerprint density at radius 3 is 2.55 bits per heavy atom. The molecule has 1 aromatic carbocycles. The zero-order valence-electron chi connectivity index (χ0n) is 11.8. The molecule has 0 amide bonds. The SMILES string of the molecule is CCC[C@@H](C)NS(=O)(=O)c1ccc(NC)c(C(=O)O)c1. The number of carboxylic acids is 1. The third-order valence-corrected chi connectivity index (χ3v) is 4.47. The molecule has 7 heteroatoms. The summed E-state index contributed by atoms with van der Waals surface area (Å²) in [6.45, 7) is 3.75. The highest BCUT2D eigenvalue weighted by atomic mass is 32.2. The van der Waals surface area contributed by atoms with Crippen LogP contribution in [0.3, 0.4) is 0 Å². The van der Waals surface area contributed by atoms with Crippen molar-refractivity contribution in [2.75, 3.05) is 12.4 Å². The monoisotopic (exact) mass is 300 g/mol. The van der Waals surface area contributed by atoms with Gasteiger partial charge in [-0.2, -0.15) is 0 Å². The molecule has 0 aliphatic carbocycles. The van der Waals surface area contributed by atoms with Crippen molar-refractivity contribution in [3.8, 4) is 0 Å². The molecule has 0 bridgehead atoms. The minimum absolute atomic E-state index is 0.0446. The lowest BCUT2D eigenvalue weighted by molar-refractivity contribution is 0.0697. The van der Waals surface area contributed by atoms with Crippen molar-refractivity contribution in [3.63, 3.8) is 0 Å². The molecule has 0 heterocycles. The van der Waals surface area contributed by atoms with Crippen molar-refractivity contribution in [1.82, 2.24) is 4.72 Å². The number of benzene rings is 1. The maximum atomic E-state index is 12.2. The number of anilines is 1. The normalized spacial score (nSPS) is 12.9. The van der Waals surface area contributed by atoms with E-state index in [1.807, 2.05) is 6.92 Å². The molecular weight excluding hydrogens is 280 g/mol. The summed E-state index contributed by atoms with van der Waals surface area (Å²) < 4.78 is 26.9. The Morgan fingerprint density at radius 2 is 2.05 bits per heavy atom. The van der Waals surface area contributed by atoms with Gasteiger partial charge >= 0.3 is 5.97 Å². The first-order chi connectivity index (χ1) is 9.31. The summed E-state index contributed by atoms with van der Waals surface area (Å²) in [5.41, 5.74) is 0.302. The Balaban J connectivity index is 3.13. The fourth-order valence-corrected chi connectivity index (χ4v) is 3.21. The van der Waals surface area contributed by atoms with E-state index in [1.54, 1.807) is 14.0 Å². The van der Waals surface area contributed by atoms with E-state index in [1.165, 1.54) is 12.1 Å². The fourth-order valence-electron chi connectivity index (χ4n) is 1.91. The Hall–Kier alpha value is -1.60. The van der Waals surface area contributed by atoms with Gasteiger partial charge in [-0.1, -0.05) is 13.3 Å². The van der Waals surface area contributed by atoms with E-state index < -0.39 is 16.0 Å². The first-order valence-corrected chi connectivity index (χ1v) is 7.87. The average molecular weight is 300 g/mol. The number of carboxylic acid groups (broad SMARTS) is 1. The van der Waals surface area contributed by atoms with Gasteiger partial charge in [-0.15, -0.1) is 0 Å². The van der Waals surface area contributed by atoms with E-state index in [9.17, 15) is 13.2 Å². The van der Waals surface area contributed by atoms with Crippen LogP contribution in [0.4, 0.5) is 5.69 Å². The molecule has 0 fully saturated rings. The van der Waals surface area contributed by atoms with Crippen LogP contribution in [0.1, 0.15) is 37.0 Å². The summed E-state index contributed by atoms with van der Waals surface area (Å²) in [4.78, 5) is 11.1. The molecule has 0 aliphatic rings. The Morgan fingerprint density at radius 1 is 1.40 bits per heavy atom. The molecule has 0 saturated heterocycles. The molecule has 20 heavy (non-hydrogen) atoms. The summed E-state index contributed by atoms with van der Waals surface area (Å²) >= 11 is 0. The Kier molecular flexibility index (Phi) is 5.52. The Labute approximate surface area is 119 Å². The number of aromatic carboxylic acids is 1. The zero-order chi connectivity index (χ0) is 15.3. The van der Waals surface area contributed by atoms with Gasteiger partial charge in [0.2, 0.25) is 10.0 Å². The van der Waals surface area contributed by atoms with Crippen molar-refractivity contribution in [2.45, 2.75) is 37.6 Å². The Bertz CT molecular complexity index is 584. The maximum absolute atomic E-state index is 12.2. The topological polar surface area (TPSA) is 95.5 Å². The molecule has 0 aromatic heterocycles. The highest BCUT2D eigenvalue weighted by molar-refractivity contribution is 7.89. The van der Waals surface area contributed by atoms with E-state index in [0.717, 1.165) is 18.9 Å². The largest absolute Gasteiger partial charge is 0.478 e. The van der Waals surface area contributed by atoms with Crippen molar-refractivity contribution in [2.24, 2.45) is 0 Å². The van der Waals surface area contributed by atoms with Crippen molar-refractivity contribution in [1.29, 1.82) is 0 Å². The van der Waals surface area contributed by atoms with Crippen molar-refractivity contribution < 1.29 is 18.3 Å². The summed E-state index contributed by atoms with van der Waals surface area (Å²) in [5.74, 6) is -1.17. The standard InChI is InChI=1S/C13H20N2O4S/c1-4-5-9(2)15-20(18,19)10-6-7-12(14-3)11(8-10)13(16)17/h6-9,14-15H,4-5H2,1-3H3,(H,16,17)/t9-/m1/s1. The van der Waals surface area contributed by atoms with E-state index >= 15 is 0 Å². The lowest BCUT2D eigenvalue weighted by Gasteiger charge is -2.14. The van der Waals surface area contributed by atoms with Crippen LogP contribution >= 0.6 is 0 Å². The number of sulfonamides is 1. The summed E-state index contributed by atoms with van der Waals surface area (Å²) in [5, 5.41) is 11.8. The van der Waals surface area contributed by atoms with E-state index in [2.05, 4.69) is 10.0 Å². The van der Waals surface area contributed by atoms with Gasteiger partial charge in [0, 0.05) is 18.8 Å². The number of hydrogen-bond donors (Lipinski definition) is 3. The zero-order valence-corrected chi connectivity index (χ0v) is 12.6. The number of hydrogen-bond acceptors (Lipinski definition) is 4. The van der Waals surface area contributed by atoms with Crippen molar-refractivity contribution in [3.05, 3.63) is 23.8 Å². The number of rotatable bonds is 7. The molecule has 1 atom stereocenters. The van der Waals surface area contributed by atoms with Gasteiger partial charge in [-0.3, -0.25) is 0 Å². The molecule has 0 unspecified atom stereocenters. The summed E-state index contributed by atoms with van der Waals surface area (Å²) in [6.07, 6.45) is 1.59. The van der Waals surface area contributed by atoms with Crippen LogP contribution in [0.2, 0.25) is 0 Å². The van der Waals surface area contributed by atoms with Crippen LogP contribution in [0.5, 0.6) is 0 Å². The molecule has 3 N–H and O–H groups in total. The first kappa shape index (κ1) is 16.5. The van der Waals surface area contributed by atoms with Gasteiger partial charge in [0.15, 0.2) is 0 Å². The van der Waals surface area contributed by atoms with Gasteiger partial charge in [0.05, 0.1) is 10.5 Å². The second-order valence-electron chi connectivity index (χ2n) is 4.57. The maximum Gasteiger partial charge on any atom is 0.337 e. The molecule has 0 radical (unpaired) electrons. The van der Waals surface area contributed by atoms with Gasteiger partial charge in [-0.25, -0.2) is 17.9 Å².